The van der Waals surface area contributed by atoms with Crippen LogP contribution in [0.2, 0.25) is 0 Å². The van der Waals surface area contributed by atoms with Crippen LogP contribution in [-0.4, -0.2) is 62.4 Å². The Kier molecular flexibility index (Phi) is 5.98. The van der Waals surface area contributed by atoms with Gasteiger partial charge >= 0.3 is 5.97 Å². The van der Waals surface area contributed by atoms with Crippen LogP contribution in [0.1, 0.15) is 40.0 Å². The molecule has 0 saturated carbocycles. The lowest BCUT2D eigenvalue weighted by Crippen LogP contribution is -2.56. The van der Waals surface area contributed by atoms with Gasteiger partial charge in [-0.2, -0.15) is 0 Å². The van der Waals surface area contributed by atoms with Gasteiger partial charge in [-0.15, -0.1) is 0 Å². The first-order valence-electron chi connectivity index (χ1n) is 7.37. The van der Waals surface area contributed by atoms with E-state index in [0.717, 1.165) is 32.4 Å². The van der Waals surface area contributed by atoms with Crippen LogP contribution >= 0.6 is 0 Å². The number of likely N-dealkylation sites (N-methyl/N-ethyl adjacent to an activating group) is 1. The fraction of sp³-hybridized carbons (Fsp3) is 0.933. The Hall–Kier alpha value is -0.650. The quantitative estimate of drug-likeness (QED) is 0.748. The molecule has 1 heterocycles. The summed E-state index contributed by atoms with van der Waals surface area (Å²) in [4.78, 5) is 14.3. The van der Waals surface area contributed by atoms with Crippen LogP contribution in [0.25, 0.3) is 0 Å². The van der Waals surface area contributed by atoms with Gasteiger partial charge in [0.05, 0.1) is 12.7 Å². The van der Waals surface area contributed by atoms with Crippen molar-refractivity contribution in [3.63, 3.8) is 0 Å². The molecule has 0 spiro atoms. The van der Waals surface area contributed by atoms with Crippen molar-refractivity contribution in [2.45, 2.75) is 57.2 Å². The summed E-state index contributed by atoms with van der Waals surface area (Å²) in [6.07, 6.45) is 2.94. The molecule has 3 atom stereocenters. The summed E-state index contributed by atoms with van der Waals surface area (Å²) >= 11 is 0. The third kappa shape index (κ3) is 3.93. The van der Waals surface area contributed by atoms with E-state index in [4.69, 9.17) is 9.47 Å². The van der Waals surface area contributed by atoms with Crippen LogP contribution < -0.4 is 5.32 Å². The van der Waals surface area contributed by atoms with E-state index in [2.05, 4.69) is 24.1 Å². The van der Waals surface area contributed by atoms with Crippen molar-refractivity contribution in [2.75, 3.05) is 34.4 Å². The highest BCUT2D eigenvalue weighted by Crippen LogP contribution is 2.27. The Labute approximate surface area is 123 Å². The Balaban J connectivity index is 2.70. The van der Waals surface area contributed by atoms with Gasteiger partial charge in [-0.1, -0.05) is 0 Å². The van der Waals surface area contributed by atoms with E-state index in [0.29, 0.717) is 6.04 Å². The van der Waals surface area contributed by atoms with Crippen LogP contribution in [0.15, 0.2) is 0 Å². The lowest BCUT2D eigenvalue weighted by molar-refractivity contribution is -0.148. The minimum atomic E-state index is -0.644. The third-order valence-corrected chi connectivity index (χ3v) is 4.70. The van der Waals surface area contributed by atoms with Crippen LogP contribution in [0.3, 0.4) is 0 Å². The molecular weight excluding hydrogens is 256 g/mol. The zero-order valence-electron chi connectivity index (χ0n) is 13.8. The second-order valence-corrected chi connectivity index (χ2v) is 6.35. The van der Waals surface area contributed by atoms with Crippen molar-refractivity contribution in [1.82, 2.24) is 10.2 Å². The number of likely N-dealkylation sites (tertiary alicyclic amines) is 1. The summed E-state index contributed by atoms with van der Waals surface area (Å²) < 4.78 is 10.5. The minimum absolute atomic E-state index is 0.0756. The lowest BCUT2D eigenvalue weighted by atomic mass is 9.89. The molecule has 1 rings (SSSR count). The number of hydrogen-bond acceptors (Lipinski definition) is 5. The number of rotatable bonds is 6. The normalized spacial score (nSPS) is 28.7. The van der Waals surface area contributed by atoms with Crippen molar-refractivity contribution in [3.05, 3.63) is 0 Å². The summed E-state index contributed by atoms with van der Waals surface area (Å²) in [6, 6.07) is 0.293. The van der Waals surface area contributed by atoms with E-state index in [1.807, 2.05) is 6.92 Å². The molecule has 0 aliphatic carbocycles. The van der Waals surface area contributed by atoms with E-state index >= 15 is 0 Å². The molecule has 1 fully saturated rings. The number of piperidine rings is 1. The van der Waals surface area contributed by atoms with E-state index < -0.39 is 5.54 Å². The SMILES string of the molecule is CNC(C)(CC(C)N1CCCC(C)(OC)C1)C(=O)OC. The topological polar surface area (TPSA) is 50.8 Å². The summed E-state index contributed by atoms with van der Waals surface area (Å²) in [6.45, 7) is 8.19. The second-order valence-electron chi connectivity index (χ2n) is 6.35. The van der Waals surface area contributed by atoms with Crippen molar-refractivity contribution in [3.8, 4) is 0 Å². The minimum Gasteiger partial charge on any atom is -0.468 e. The maximum atomic E-state index is 11.9. The number of nitrogens with zero attached hydrogens (tertiary/aromatic N) is 1. The predicted octanol–water partition coefficient (Wildman–Crippen LogP) is 1.42. The fourth-order valence-electron chi connectivity index (χ4n) is 3.02. The molecule has 1 N–H and O–H groups in total. The largest absolute Gasteiger partial charge is 0.468 e. The van der Waals surface area contributed by atoms with Gasteiger partial charge in [0.1, 0.15) is 5.54 Å². The Bertz CT molecular complexity index is 337. The number of esters is 1. The van der Waals surface area contributed by atoms with Crippen LogP contribution in [0.4, 0.5) is 0 Å². The Morgan fingerprint density at radius 1 is 1.50 bits per heavy atom. The average Bonchev–Trinajstić information content (AvgIpc) is 2.46. The molecule has 0 radical (unpaired) electrons. The third-order valence-electron chi connectivity index (χ3n) is 4.70. The molecule has 0 aromatic carbocycles. The number of carbonyl (C=O) groups excluding carboxylic acids is 1. The molecule has 1 aliphatic rings. The first-order valence-corrected chi connectivity index (χ1v) is 7.37. The molecule has 3 unspecified atom stereocenters. The first-order chi connectivity index (χ1) is 9.30. The highest BCUT2D eigenvalue weighted by Gasteiger charge is 2.38. The molecular formula is C15H30N2O3. The van der Waals surface area contributed by atoms with Gasteiger partial charge in [-0.05, 0) is 53.6 Å². The summed E-state index contributed by atoms with van der Waals surface area (Å²) in [5.41, 5.74) is -0.719. The van der Waals surface area contributed by atoms with Crippen LogP contribution in [-0.2, 0) is 14.3 Å². The van der Waals surface area contributed by atoms with Crippen molar-refractivity contribution >= 4 is 5.97 Å². The van der Waals surface area contributed by atoms with E-state index in [1.165, 1.54) is 7.11 Å². The molecule has 0 amide bonds. The number of ether oxygens (including phenoxy) is 2. The number of carbonyl (C=O) groups is 1. The maximum absolute atomic E-state index is 11.9. The smallest absolute Gasteiger partial charge is 0.325 e. The lowest BCUT2D eigenvalue weighted by Gasteiger charge is -2.44. The first kappa shape index (κ1) is 17.4. The fourth-order valence-corrected chi connectivity index (χ4v) is 3.02. The number of hydrogen-bond donors (Lipinski definition) is 1. The van der Waals surface area contributed by atoms with Gasteiger partial charge in [0.2, 0.25) is 0 Å². The zero-order valence-corrected chi connectivity index (χ0v) is 13.8. The predicted molar refractivity (Wildman–Crippen MR) is 79.8 cm³/mol. The Morgan fingerprint density at radius 2 is 2.15 bits per heavy atom. The van der Waals surface area contributed by atoms with E-state index in [-0.39, 0.29) is 11.6 Å². The van der Waals surface area contributed by atoms with Gasteiger partial charge in [0.15, 0.2) is 0 Å². The monoisotopic (exact) mass is 286 g/mol. The van der Waals surface area contributed by atoms with Crippen molar-refractivity contribution < 1.29 is 14.3 Å². The highest BCUT2D eigenvalue weighted by atomic mass is 16.5. The maximum Gasteiger partial charge on any atom is 0.325 e. The summed E-state index contributed by atoms with van der Waals surface area (Å²) in [5, 5.41) is 3.10. The van der Waals surface area contributed by atoms with Gasteiger partial charge in [-0.25, -0.2) is 0 Å². The van der Waals surface area contributed by atoms with E-state index in [1.54, 1.807) is 14.2 Å². The highest BCUT2D eigenvalue weighted by molar-refractivity contribution is 5.80. The molecule has 0 aromatic rings. The molecule has 5 heteroatoms. The molecule has 20 heavy (non-hydrogen) atoms. The van der Waals surface area contributed by atoms with Crippen LogP contribution in [0.5, 0.6) is 0 Å². The number of nitrogens with one attached hydrogen (secondary N) is 1. The molecule has 1 saturated heterocycles. The standard InChI is InChI=1S/C15H30N2O3/c1-12(10-15(3,16-4)13(18)19-5)17-9-7-8-14(2,11-17)20-6/h12,16H,7-11H2,1-6H3. The summed E-state index contributed by atoms with van der Waals surface area (Å²) in [5.74, 6) is -0.210. The molecule has 1 aliphatic heterocycles. The molecule has 5 nitrogen and oxygen atoms in total. The van der Waals surface area contributed by atoms with Gasteiger partial charge in [0, 0.05) is 19.7 Å². The van der Waals surface area contributed by atoms with Gasteiger partial charge in [-0.3, -0.25) is 9.69 Å². The summed E-state index contributed by atoms with van der Waals surface area (Å²) in [7, 11) is 5.02. The molecule has 0 bridgehead atoms. The average molecular weight is 286 g/mol. The molecule has 118 valence electrons. The zero-order chi connectivity index (χ0) is 15.4. The van der Waals surface area contributed by atoms with Gasteiger partial charge in [0.25, 0.3) is 0 Å². The Morgan fingerprint density at radius 3 is 2.65 bits per heavy atom. The van der Waals surface area contributed by atoms with Gasteiger partial charge < -0.3 is 14.8 Å². The second kappa shape index (κ2) is 6.87. The van der Waals surface area contributed by atoms with E-state index in [9.17, 15) is 4.79 Å². The number of methoxy groups -OCH3 is 2. The van der Waals surface area contributed by atoms with Crippen molar-refractivity contribution in [2.24, 2.45) is 0 Å². The van der Waals surface area contributed by atoms with Crippen LogP contribution in [0, 0.1) is 0 Å². The molecule has 0 aromatic heterocycles. The van der Waals surface area contributed by atoms with Crippen molar-refractivity contribution in [1.29, 1.82) is 0 Å².